The van der Waals surface area contributed by atoms with Gasteiger partial charge in [0.25, 0.3) is 0 Å². The van der Waals surface area contributed by atoms with Crippen LogP contribution in [0.3, 0.4) is 0 Å². The largest absolute Gasteiger partial charge is 0.490 e. The molecule has 2 aliphatic rings. The van der Waals surface area contributed by atoms with Gasteiger partial charge in [-0.3, -0.25) is 0 Å². The molecule has 2 N–H and O–H groups in total. The highest BCUT2D eigenvalue weighted by atomic mass is 35.5. The van der Waals surface area contributed by atoms with E-state index in [1.54, 1.807) is 22.5 Å². The van der Waals surface area contributed by atoms with Crippen LogP contribution in [0.5, 0.6) is 11.5 Å². The van der Waals surface area contributed by atoms with Gasteiger partial charge in [0.2, 0.25) is 10.0 Å². The van der Waals surface area contributed by atoms with Crippen LogP contribution in [0, 0.1) is 11.8 Å². The number of sulfonamides is 1. The van der Waals surface area contributed by atoms with Gasteiger partial charge < -0.3 is 15.2 Å². The molecule has 8 heteroatoms. The van der Waals surface area contributed by atoms with Crippen LogP contribution in [-0.2, 0) is 10.0 Å². The van der Waals surface area contributed by atoms with Crippen molar-refractivity contribution in [2.75, 3.05) is 26.3 Å². The Morgan fingerprint density at radius 3 is 2.44 bits per heavy atom. The maximum atomic E-state index is 13.0. The molecule has 1 saturated carbocycles. The van der Waals surface area contributed by atoms with E-state index in [4.69, 9.17) is 15.2 Å². The number of nitrogens with two attached hydrogens (primary N) is 1. The Labute approximate surface area is 156 Å². The van der Waals surface area contributed by atoms with Gasteiger partial charge in [-0.15, -0.1) is 12.4 Å². The first-order valence-electron chi connectivity index (χ1n) is 8.62. The molecule has 1 heterocycles. The maximum Gasteiger partial charge on any atom is 0.243 e. The standard InChI is InChI=1S/C17H26N2O4S.ClH/c1-3-22-16-8-6-13(9-17(16)23-4-2)24(20,21)19-10-12-5-7-15(18)14(12)11-19;/h6,8-9,12,14-15H,3-5,7,10-11,18H2,1-2H3;1H. The van der Waals surface area contributed by atoms with Crippen LogP contribution in [0.1, 0.15) is 26.7 Å². The molecule has 6 nitrogen and oxygen atoms in total. The lowest BCUT2D eigenvalue weighted by atomic mass is 9.98. The van der Waals surface area contributed by atoms with Crippen molar-refractivity contribution in [3.63, 3.8) is 0 Å². The predicted octanol–water partition coefficient (Wildman–Crippen LogP) is 2.26. The average Bonchev–Trinajstić information content (AvgIpc) is 3.12. The molecule has 3 atom stereocenters. The zero-order chi connectivity index (χ0) is 17.3. The van der Waals surface area contributed by atoms with Crippen LogP contribution in [-0.4, -0.2) is 45.1 Å². The number of halogens is 1. The van der Waals surface area contributed by atoms with Gasteiger partial charge in [-0.25, -0.2) is 8.42 Å². The highest BCUT2D eigenvalue weighted by Gasteiger charge is 2.45. The van der Waals surface area contributed by atoms with Crippen molar-refractivity contribution < 1.29 is 17.9 Å². The molecule has 25 heavy (non-hydrogen) atoms. The zero-order valence-corrected chi connectivity index (χ0v) is 16.3. The van der Waals surface area contributed by atoms with Crippen molar-refractivity contribution in [2.24, 2.45) is 17.6 Å². The summed E-state index contributed by atoms with van der Waals surface area (Å²) in [6.07, 6.45) is 2.02. The van der Waals surface area contributed by atoms with E-state index in [1.807, 2.05) is 13.8 Å². The number of hydrogen-bond acceptors (Lipinski definition) is 5. The summed E-state index contributed by atoms with van der Waals surface area (Å²) in [6, 6.07) is 4.95. The minimum Gasteiger partial charge on any atom is -0.490 e. The normalized spacial score (nSPS) is 26.1. The summed E-state index contributed by atoms with van der Waals surface area (Å²) in [7, 11) is -3.53. The summed E-state index contributed by atoms with van der Waals surface area (Å²) in [6.45, 7) is 5.78. The van der Waals surface area contributed by atoms with E-state index < -0.39 is 10.0 Å². The number of hydrogen-bond donors (Lipinski definition) is 1. The molecule has 142 valence electrons. The Morgan fingerprint density at radius 1 is 1.12 bits per heavy atom. The quantitative estimate of drug-likeness (QED) is 0.805. The molecule has 1 saturated heterocycles. The molecule has 1 aromatic carbocycles. The summed E-state index contributed by atoms with van der Waals surface area (Å²) in [5, 5.41) is 0. The maximum absolute atomic E-state index is 13.0. The lowest BCUT2D eigenvalue weighted by molar-refractivity contribution is 0.287. The van der Waals surface area contributed by atoms with Crippen LogP contribution >= 0.6 is 12.4 Å². The fourth-order valence-corrected chi connectivity index (χ4v) is 5.35. The van der Waals surface area contributed by atoms with Gasteiger partial charge in [0.15, 0.2) is 11.5 Å². The smallest absolute Gasteiger partial charge is 0.243 e. The third kappa shape index (κ3) is 3.89. The van der Waals surface area contributed by atoms with Gasteiger partial charge in [-0.2, -0.15) is 4.31 Å². The van der Waals surface area contributed by atoms with Crippen LogP contribution in [0.4, 0.5) is 0 Å². The SMILES string of the molecule is CCOc1ccc(S(=O)(=O)N2CC3CCC(N)C3C2)cc1OCC.Cl. The van der Waals surface area contributed by atoms with Crippen LogP contribution in [0.15, 0.2) is 23.1 Å². The van der Waals surface area contributed by atoms with E-state index in [-0.39, 0.29) is 29.3 Å². The molecule has 0 bridgehead atoms. The molecular formula is C17H27ClN2O4S. The summed E-state index contributed by atoms with van der Waals surface area (Å²) < 4.78 is 38.6. The monoisotopic (exact) mass is 390 g/mol. The van der Waals surface area contributed by atoms with Crippen LogP contribution in [0.25, 0.3) is 0 Å². The lowest BCUT2D eigenvalue weighted by Crippen LogP contribution is -2.33. The van der Waals surface area contributed by atoms with E-state index in [2.05, 4.69) is 0 Å². The first kappa shape index (κ1) is 20.3. The van der Waals surface area contributed by atoms with Crippen LogP contribution < -0.4 is 15.2 Å². The first-order valence-corrected chi connectivity index (χ1v) is 10.1. The van der Waals surface area contributed by atoms with Crippen molar-refractivity contribution >= 4 is 22.4 Å². The number of ether oxygens (including phenoxy) is 2. The van der Waals surface area contributed by atoms with E-state index in [9.17, 15) is 8.42 Å². The van der Waals surface area contributed by atoms with Gasteiger partial charge in [0, 0.05) is 25.2 Å². The molecule has 2 fully saturated rings. The average molecular weight is 391 g/mol. The van der Waals surface area contributed by atoms with Gasteiger partial charge in [0.1, 0.15) is 0 Å². The fourth-order valence-electron chi connectivity index (χ4n) is 3.80. The Balaban J connectivity index is 0.00000225. The van der Waals surface area contributed by atoms with E-state index in [0.29, 0.717) is 43.7 Å². The van der Waals surface area contributed by atoms with Gasteiger partial charge in [-0.1, -0.05) is 0 Å². The minimum absolute atomic E-state index is 0. The van der Waals surface area contributed by atoms with E-state index in [0.717, 1.165) is 12.8 Å². The van der Waals surface area contributed by atoms with E-state index in [1.165, 1.54) is 0 Å². The Kier molecular flexibility index (Phi) is 6.59. The number of fused-ring (bicyclic) bond motifs is 1. The third-order valence-corrected chi connectivity index (χ3v) is 6.86. The minimum atomic E-state index is -3.53. The first-order chi connectivity index (χ1) is 11.5. The summed E-state index contributed by atoms with van der Waals surface area (Å²) in [5.74, 6) is 1.72. The summed E-state index contributed by atoms with van der Waals surface area (Å²) in [5.41, 5.74) is 6.12. The topological polar surface area (TPSA) is 81.9 Å². The molecule has 3 rings (SSSR count). The molecule has 0 radical (unpaired) electrons. The third-order valence-electron chi connectivity index (χ3n) is 5.03. The second-order valence-corrected chi connectivity index (χ2v) is 8.40. The van der Waals surface area contributed by atoms with Crippen molar-refractivity contribution in [2.45, 2.75) is 37.6 Å². The molecular weight excluding hydrogens is 364 g/mol. The van der Waals surface area contributed by atoms with Crippen molar-refractivity contribution in [1.82, 2.24) is 4.31 Å². The molecule has 0 aromatic heterocycles. The van der Waals surface area contributed by atoms with Crippen LogP contribution in [0.2, 0.25) is 0 Å². The molecule has 1 aliphatic heterocycles. The number of rotatable bonds is 6. The summed E-state index contributed by atoms with van der Waals surface area (Å²) >= 11 is 0. The lowest BCUT2D eigenvalue weighted by Gasteiger charge is -2.19. The second kappa shape index (κ2) is 8.12. The number of benzene rings is 1. The van der Waals surface area contributed by atoms with Gasteiger partial charge in [-0.05, 0) is 50.7 Å². The number of nitrogens with zero attached hydrogens (tertiary/aromatic N) is 1. The summed E-state index contributed by atoms with van der Waals surface area (Å²) in [4.78, 5) is 0.253. The molecule has 0 spiro atoms. The highest BCUT2D eigenvalue weighted by molar-refractivity contribution is 7.89. The van der Waals surface area contributed by atoms with Gasteiger partial charge >= 0.3 is 0 Å². The van der Waals surface area contributed by atoms with Crippen molar-refractivity contribution in [3.05, 3.63) is 18.2 Å². The highest BCUT2D eigenvalue weighted by Crippen LogP contribution is 2.40. The van der Waals surface area contributed by atoms with Crippen molar-refractivity contribution in [1.29, 1.82) is 0 Å². The Bertz CT molecular complexity index is 698. The Morgan fingerprint density at radius 2 is 1.80 bits per heavy atom. The second-order valence-electron chi connectivity index (χ2n) is 6.46. The fraction of sp³-hybridized carbons (Fsp3) is 0.647. The molecule has 0 amide bonds. The Hall–Kier alpha value is -1.02. The van der Waals surface area contributed by atoms with Gasteiger partial charge in [0.05, 0.1) is 18.1 Å². The van der Waals surface area contributed by atoms with Crippen molar-refractivity contribution in [3.8, 4) is 11.5 Å². The molecule has 3 unspecified atom stereocenters. The molecule has 1 aliphatic carbocycles. The zero-order valence-electron chi connectivity index (χ0n) is 14.7. The van der Waals surface area contributed by atoms with E-state index >= 15 is 0 Å². The predicted molar refractivity (Wildman–Crippen MR) is 99.0 cm³/mol. The molecule has 1 aromatic rings.